The lowest BCUT2D eigenvalue weighted by molar-refractivity contribution is -0.137. The third kappa shape index (κ3) is 2.30. The van der Waals surface area contributed by atoms with Gasteiger partial charge in [-0.3, -0.25) is 4.79 Å². The van der Waals surface area contributed by atoms with Gasteiger partial charge in [0.25, 0.3) is 0 Å². The Labute approximate surface area is 68.0 Å². The number of nitrogens with two attached hydrogens (primary N) is 1. The van der Waals surface area contributed by atoms with Crippen molar-refractivity contribution in [2.24, 2.45) is 5.73 Å². The molecule has 64 valence electrons. The first-order valence-electron chi connectivity index (χ1n) is 3.86. The van der Waals surface area contributed by atoms with E-state index in [1.54, 1.807) is 0 Å². The minimum atomic E-state index is -1.72. The van der Waals surface area contributed by atoms with E-state index in [2.05, 4.69) is 0 Å². The van der Waals surface area contributed by atoms with Crippen LogP contribution in [-0.4, -0.2) is 19.8 Å². The third-order valence-corrected chi connectivity index (χ3v) is 2.39. The molecule has 2 N–H and O–H groups in total. The summed E-state index contributed by atoms with van der Waals surface area (Å²) in [5.74, 6) is -0.198. The Morgan fingerprint density at radius 2 is 1.91 bits per heavy atom. The highest BCUT2D eigenvalue weighted by atomic mass is 28.4. The summed E-state index contributed by atoms with van der Waals surface area (Å²) in [6, 6.07) is 0. The summed E-state index contributed by atoms with van der Waals surface area (Å²) >= 11 is 0. The van der Waals surface area contributed by atoms with Gasteiger partial charge in [-0.25, -0.2) is 0 Å². The van der Waals surface area contributed by atoms with Gasteiger partial charge in [0.2, 0.25) is 8.32 Å². The average molecular weight is 173 g/mol. The van der Waals surface area contributed by atoms with Crippen molar-refractivity contribution in [3.8, 4) is 0 Å². The number of hydrogen-bond acceptors (Lipinski definition) is 3. The number of rotatable bonds is 2. The van der Waals surface area contributed by atoms with Crippen molar-refractivity contribution in [2.45, 2.75) is 38.0 Å². The van der Waals surface area contributed by atoms with Crippen LogP contribution in [0.2, 0.25) is 19.6 Å². The van der Waals surface area contributed by atoms with Gasteiger partial charge >= 0.3 is 5.97 Å². The molecular formula is C7H15NO2Si. The normalized spacial score (nSPS) is 21.1. The molecular weight excluding hydrogens is 158 g/mol. The van der Waals surface area contributed by atoms with E-state index >= 15 is 0 Å². The Balaban J connectivity index is 2.45. The van der Waals surface area contributed by atoms with Crippen molar-refractivity contribution in [3.05, 3.63) is 0 Å². The van der Waals surface area contributed by atoms with E-state index in [-0.39, 0.29) is 5.97 Å². The Morgan fingerprint density at radius 1 is 1.45 bits per heavy atom. The second kappa shape index (κ2) is 2.32. The van der Waals surface area contributed by atoms with E-state index in [9.17, 15) is 4.79 Å². The lowest BCUT2D eigenvalue weighted by atomic mass is 10.3. The molecule has 0 spiro atoms. The lowest BCUT2D eigenvalue weighted by Crippen LogP contribution is -2.41. The molecule has 1 fully saturated rings. The van der Waals surface area contributed by atoms with Crippen molar-refractivity contribution in [2.75, 3.05) is 0 Å². The fourth-order valence-electron chi connectivity index (χ4n) is 0.719. The van der Waals surface area contributed by atoms with E-state index in [1.165, 1.54) is 0 Å². The highest BCUT2D eigenvalue weighted by molar-refractivity contribution is 6.71. The molecule has 3 nitrogen and oxygen atoms in total. The molecule has 4 heteroatoms. The molecule has 1 aliphatic carbocycles. The molecule has 1 aliphatic rings. The van der Waals surface area contributed by atoms with Crippen molar-refractivity contribution >= 4 is 14.3 Å². The van der Waals surface area contributed by atoms with Crippen LogP contribution < -0.4 is 5.73 Å². The van der Waals surface area contributed by atoms with Crippen molar-refractivity contribution < 1.29 is 9.22 Å². The zero-order chi connectivity index (χ0) is 8.70. The predicted molar refractivity (Wildman–Crippen MR) is 45.6 cm³/mol. The van der Waals surface area contributed by atoms with Gasteiger partial charge in [0.05, 0.1) is 0 Å². The molecule has 0 saturated heterocycles. The van der Waals surface area contributed by atoms with E-state index in [0.717, 1.165) is 12.8 Å². The molecule has 0 aromatic heterocycles. The SMILES string of the molecule is C[Si](C)(C)OC(=O)C1(N)CC1. The summed E-state index contributed by atoms with van der Waals surface area (Å²) in [6.07, 6.45) is 1.58. The molecule has 0 aromatic rings. The zero-order valence-electron chi connectivity index (χ0n) is 7.31. The van der Waals surface area contributed by atoms with Crippen LogP contribution >= 0.6 is 0 Å². The fourth-order valence-corrected chi connectivity index (χ4v) is 1.48. The summed E-state index contributed by atoms with van der Waals surface area (Å²) in [5.41, 5.74) is 5.03. The minimum Gasteiger partial charge on any atom is -0.519 e. The average Bonchev–Trinajstić information content (AvgIpc) is 2.44. The second-order valence-electron chi connectivity index (χ2n) is 4.16. The van der Waals surface area contributed by atoms with Gasteiger partial charge in [-0.1, -0.05) is 0 Å². The molecule has 0 bridgehead atoms. The molecule has 0 amide bonds. The number of hydrogen-bond donors (Lipinski definition) is 1. The number of carbonyl (C=O) groups excluding carboxylic acids is 1. The van der Waals surface area contributed by atoms with E-state index < -0.39 is 13.9 Å². The maximum atomic E-state index is 11.2. The Bertz CT molecular complexity index is 181. The highest BCUT2D eigenvalue weighted by Crippen LogP contribution is 2.34. The molecule has 0 aromatic carbocycles. The van der Waals surface area contributed by atoms with Gasteiger partial charge in [-0.05, 0) is 32.5 Å². The summed E-state index contributed by atoms with van der Waals surface area (Å²) < 4.78 is 5.24. The fraction of sp³-hybridized carbons (Fsp3) is 0.857. The summed E-state index contributed by atoms with van der Waals surface area (Å²) in [4.78, 5) is 11.2. The molecule has 0 unspecified atom stereocenters. The summed E-state index contributed by atoms with van der Waals surface area (Å²) in [5, 5.41) is 0. The minimum absolute atomic E-state index is 0.198. The molecule has 1 rings (SSSR count). The Morgan fingerprint density at radius 3 is 2.18 bits per heavy atom. The first-order chi connectivity index (χ1) is 4.83. The second-order valence-corrected chi connectivity index (χ2v) is 8.59. The van der Waals surface area contributed by atoms with E-state index in [4.69, 9.17) is 10.2 Å². The Hall–Kier alpha value is -0.353. The standard InChI is InChI=1S/C7H15NO2Si/c1-11(2,3)10-6(9)7(8)4-5-7/h4-5,8H2,1-3H3. The highest BCUT2D eigenvalue weighted by Gasteiger charge is 2.48. The molecule has 0 radical (unpaired) electrons. The van der Waals surface area contributed by atoms with Gasteiger partial charge in [-0.2, -0.15) is 0 Å². The molecule has 0 aliphatic heterocycles. The van der Waals surface area contributed by atoms with E-state index in [1.807, 2.05) is 19.6 Å². The van der Waals surface area contributed by atoms with Gasteiger partial charge in [0, 0.05) is 0 Å². The Kier molecular flexibility index (Phi) is 1.84. The smallest absolute Gasteiger partial charge is 0.312 e. The first kappa shape index (κ1) is 8.74. The molecule has 0 heterocycles. The first-order valence-corrected chi connectivity index (χ1v) is 7.27. The van der Waals surface area contributed by atoms with E-state index in [0.29, 0.717) is 0 Å². The quantitative estimate of drug-likeness (QED) is 0.630. The third-order valence-electron chi connectivity index (χ3n) is 1.59. The molecule has 11 heavy (non-hydrogen) atoms. The van der Waals surface area contributed by atoms with Crippen LogP contribution in [0.3, 0.4) is 0 Å². The van der Waals surface area contributed by atoms with Crippen LogP contribution in [-0.2, 0) is 9.22 Å². The maximum absolute atomic E-state index is 11.2. The van der Waals surface area contributed by atoms with Gasteiger partial charge in [0.1, 0.15) is 5.54 Å². The van der Waals surface area contributed by atoms with Crippen LogP contribution in [0.15, 0.2) is 0 Å². The molecule has 1 saturated carbocycles. The van der Waals surface area contributed by atoms with Gasteiger partial charge < -0.3 is 10.2 Å². The van der Waals surface area contributed by atoms with Crippen molar-refractivity contribution in [1.29, 1.82) is 0 Å². The lowest BCUT2D eigenvalue weighted by Gasteiger charge is -2.19. The summed E-state index contributed by atoms with van der Waals surface area (Å²) in [6.45, 7) is 5.95. The van der Waals surface area contributed by atoms with Crippen LogP contribution in [0.4, 0.5) is 0 Å². The predicted octanol–water partition coefficient (Wildman–Crippen LogP) is 0.856. The monoisotopic (exact) mass is 173 g/mol. The zero-order valence-corrected chi connectivity index (χ0v) is 8.31. The van der Waals surface area contributed by atoms with Crippen LogP contribution in [0.5, 0.6) is 0 Å². The van der Waals surface area contributed by atoms with Crippen molar-refractivity contribution in [1.82, 2.24) is 0 Å². The topological polar surface area (TPSA) is 52.3 Å². The van der Waals surface area contributed by atoms with Crippen LogP contribution in [0, 0.1) is 0 Å². The van der Waals surface area contributed by atoms with Gasteiger partial charge in [0.15, 0.2) is 0 Å². The summed E-state index contributed by atoms with van der Waals surface area (Å²) in [7, 11) is -1.72. The van der Waals surface area contributed by atoms with Crippen LogP contribution in [0.25, 0.3) is 0 Å². The van der Waals surface area contributed by atoms with Crippen LogP contribution in [0.1, 0.15) is 12.8 Å². The van der Waals surface area contributed by atoms with Gasteiger partial charge in [-0.15, -0.1) is 0 Å². The number of carbonyl (C=O) groups is 1. The van der Waals surface area contributed by atoms with Crippen molar-refractivity contribution in [3.63, 3.8) is 0 Å². The maximum Gasteiger partial charge on any atom is 0.312 e. The molecule has 0 atom stereocenters. The largest absolute Gasteiger partial charge is 0.519 e.